The molecule has 1 aliphatic heterocycles. The van der Waals surface area contributed by atoms with E-state index in [1.54, 1.807) is 10.4 Å². The Morgan fingerprint density at radius 1 is 1.60 bits per heavy atom. The number of amides is 2. The maximum Gasteiger partial charge on any atom is 0.317 e. The van der Waals surface area contributed by atoms with E-state index >= 15 is 0 Å². The van der Waals surface area contributed by atoms with E-state index in [1.807, 2.05) is 12.3 Å². The van der Waals surface area contributed by atoms with Crippen LogP contribution in [0.3, 0.4) is 0 Å². The SMILES string of the molecule is CCC1(C(=O)O)CCN(C(=O)NCCc2cscn2)C1. The van der Waals surface area contributed by atoms with Crippen LogP contribution in [0.15, 0.2) is 10.9 Å². The Morgan fingerprint density at radius 3 is 2.95 bits per heavy atom. The number of likely N-dealkylation sites (tertiary alicyclic amines) is 1. The number of aliphatic carboxylic acids is 1. The van der Waals surface area contributed by atoms with E-state index in [4.69, 9.17) is 0 Å². The topological polar surface area (TPSA) is 82.5 Å². The normalized spacial score (nSPS) is 21.9. The maximum atomic E-state index is 12.0. The average molecular weight is 297 g/mol. The van der Waals surface area contributed by atoms with Gasteiger partial charge in [-0.1, -0.05) is 6.92 Å². The third-order valence-electron chi connectivity index (χ3n) is 3.91. The van der Waals surface area contributed by atoms with E-state index in [0.29, 0.717) is 38.9 Å². The highest BCUT2D eigenvalue weighted by Crippen LogP contribution is 2.34. The van der Waals surface area contributed by atoms with E-state index in [2.05, 4.69) is 10.3 Å². The Labute approximate surface area is 121 Å². The molecule has 1 aromatic heterocycles. The third-order valence-corrected chi connectivity index (χ3v) is 4.55. The summed E-state index contributed by atoms with van der Waals surface area (Å²) in [7, 11) is 0. The second-order valence-corrected chi connectivity index (χ2v) is 5.79. The van der Waals surface area contributed by atoms with Gasteiger partial charge in [0.05, 0.1) is 16.6 Å². The number of rotatable bonds is 5. The van der Waals surface area contributed by atoms with Gasteiger partial charge in [-0.05, 0) is 12.8 Å². The highest BCUT2D eigenvalue weighted by molar-refractivity contribution is 7.07. The fourth-order valence-electron chi connectivity index (χ4n) is 2.43. The Bertz CT molecular complexity index is 477. The van der Waals surface area contributed by atoms with E-state index in [9.17, 15) is 14.7 Å². The second kappa shape index (κ2) is 6.21. The second-order valence-electron chi connectivity index (χ2n) is 5.07. The van der Waals surface area contributed by atoms with Crippen LogP contribution in [-0.2, 0) is 11.2 Å². The minimum Gasteiger partial charge on any atom is -0.481 e. The number of carboxylic acids is 1. The molecule has 110 valence electrons. The van der Waals surface area contributed by atoms with Crippen LogP contribution in [0.4, 0.5) is 4.79 Å². The molecule has 20 heavy (non-hydrogen) atoms. The number of nitrogens with one attached hydrogen (secondary N) is 1. The standard InChI is InChI=1S/C13H19N3O3S/c1-2-13(11(17)18)4-6-16(8-13)12(19)14-5-3-10-7-20-9-15-10/h7,9H,2-6,8H2,1H3,(H,14,19)(H,17,18). The Hall–Kier alpha value is -1.63. The van der Waals surface area contributed by atoms with E-state index < -0.39 is 11.4 Å². The predicted molar refractivity (Wildman–Crippen MR) is 75.8 cm³/mol. The van der Waals surface area contributed by atoms with Crippen LogP contribution < -0.4 is 5.32 Å². The first-order valence-electron chi connectivity index (χ1n) is 6.70. The van der Waals surface area contributed by atoms with Gasteiger partial charge in [0.1, 0.15) is 0 Å². The average Bonchev–Trinajstić information content (AvgIpc) is 3.08. The Morgan fingerprint density at radius 2 is 2.40 bits per heavy atom. The molecule has 0 radical (unpaired) electrons. The van der Waals surface area contributed by atoms with Crippen LogP contribution in [0.25, 0.3) is 0 Å². The largest absolute Gasteiger partial charge is 0.481 e. The van der Waals surface area contributed by atoms with E-state index in [-0.39, 0.29) is 6.03 Å². The summed E-state index contributed by atoms with van der Waals surface area (Å²) in [5.74, 6) is -0.808. The van der Waals surface area contributed by atoms with Crippen LogP contribution in [-0.4, -0.2) is 46.6 Å². The summed E-state index contributed by atoms with van der Waals surface area (Å²) >= 11 is 1.53. The van der Waals surface area contributed by atoms with Gasteiger partial charge in [0.2, 0.25) is 0 Å². The molecule has 1 aromatic rings. The van der Waals surface area contributed by atoms with Crippen LogP contribution in [0.5, 0.6) is 0 Å². The lowest BCUT2D eigenvalue weighted by atomic mass is 9.84. The molecule has 2 amide bonds. The Kier molecular flexibility index (Phi) is 4.59. The maximum absolute atomic E-state index is 12.0. The molecule has 1 atom stereocenters. The van der Waals surface area contributed by atoms with Gasteiger partial charge in [-0.3, -0.25) is 4.79 Å². The molecule has 0 aliphatic carbocycles. The molecule has 1 unspecified atom stereocenters. The number of carbonyl (C=O) groups excluding carboxylic acids is 1. The molecule has 2 heterocycles. The van der Waals surface area contributed by atoms with Crippen molar-refractivity contribution in [2.45, 2.75) is 26.2 Å². The fourth-order valence-corrected chi connectivity index (χ4v) is 3.02. The zero-order valence-corrected chi connectivity index (χ0v) is 12.3. The zero-order valence-electron chi connectivity index (χ0n) is 11.5. The summed E-state index contributed by atoms with van der Waals surface area (Å²) in [6.07, 6.45) is 1.77. The summed E-state index contributed by atoms with van der Waals surface area (Å²) in [6, 6.07) is -0.184. The molecule has 0 aromatic carbocycles. The fraction of sp³-hybridized carbons (Fsp3) is 0.615. The monoisotopic (exact) mass is 297 g/mol. The van der Waals surface area contributed by atoms with Crippen LogP contribution in [0.2, 0.25) is 0 Å². The van der Waals surface area contributed by atoms with Gasteiger partial charge in [0, 0.05) is 31.4 Å². The van der Waals surface area contributed by atoms with Crippen LogP contribution >= 0.6 is 11.3 Å². The number of carboxylic acid groups (broad SMARTS) is 1. The first-order chi connectivity index (χ1) is 9.57. The quantitative estimate of drug-likeness (QED) is 0.864. The molecule has 6 nitrogen and oxygen atoms in total. The lowest BCUT2D eigenvalue weighted by molar-refractivity contribution is -0.148. The van der Waals surface area contributed by atoms with Crippen molar-refractivity contribution in [1.82, 2.24) is 15.2 Å². The molecule has 1 aliphatic rings. The number of aromatic nitrogens is 1. The number of thiazole rings is 1. The number of hydrogen-bond acceptors (Lipinski definition) is 4. The van der Waals surface area contributed by atoms with Gasteiger partial charge in [0.15, 0.2) is 0 Å². The first-order valence-corrected chi connectivity index (χ1v) is 7.65. The minimum atomic E-state index is -0.808. The van der Waals surface area contributed by atoms with Crippen molar-refractivity contribution in [2.24, 2.45) is 5.41 Å². The molecule has 1 saturated heterocycles. The smallest absolute Gasteiger partial charge is 0.317 e. The van der Waals surface area contributed by atoms with Crippen molar-refractivity contribution >= 4 is 23.3 Å². The third kappa shape index (κ3) is 3.09. The highest BCUT2D eigenvalue weighted by atomic mass is 32.1. The van der Waals surface area contributed by atoms with Gasteiger partial charge in [0.25, 0.3) is 0 Å². The van der Waals surface area contributed by atoms with Gasteiger partial charge in [-0.15, -0.1) is 11.3 Å². The number of nitrogens with zero attached hydrogens (tertiary/aromatic N) is 2. The molecular formula is C13H19N3O3S. The van der Waals surface area contributed by atoms with Gasteiger partial charge in [-0.25, -0.2) is 9.78 Å². The first kappa shape index (κ1) is 14.8. The van der Waals surface area contributed by atoms with Gasteiger partial charge >= 0.3 is 12.0 Å². The molecule has 0 saturated carbocycles. The van der Waals surface area contributed by atoms with Crippen molar-refractivity contribution in [3.05, 3.63) is 16.6 Å². The summed E-state index contributed by atoms with van der Waals surface area (Å²) in [6.45, 7) is 3.17. The van der Waals surface area contributed by atoms with Gasteiger partial charge < -0.3 is 15.3 Å². The summed E-state index contributed by atoms with van der Waals surface area (Å²) in [5, 5.41) is 14.1. The lowest BCUT2D eigenvalue weighted by Crippen LogP contribution is -2.42. The number of hydrogen-bond donors (Lipinski definition) is 2. The molecule has 2 rings (SSSR count). The number of carbonyl (C=O) groups is 2. The molecular weight excluding hydrogens is 278 g/mol. The van der Waals surface area contributed by atoms with Crippen molar-refractivity contribution in [1.29, 1.82) is 0 Å². The number of urea groups is 1. The summed E-state index contributed by atoms with van der Waals surface area (Å²) in [4.78, 5) is 29.1. The van der Waals surface area contributed by atoms with Crippen molar-refractivity contribution in [3.8, 4) is 0 Å². The highest BCUT2D eigenvalue weighted by Gasteiger charge is 2.44. The molecule has 2 N–H and O–H groups in total. The van der Waals surface area contributed by atoms with Crippen molar-refractivity contribution in [2.75, 3.05) is 19.6 Å². The van der Waals surface area contributed by atoms with Gasteiger partial charge in [-0.2, -0.15) is 0 Å². The predicted octanol–water partition coefficient (Wildman–Crippen LogP) is 1.58. The zero-order chi connectivity index (χ0) is 14.6. The van der Waals surface area contributed by atoms with Crippen LogP contribution in [0, 0.1) is 5.41 Å². The van der Waals surface area contributed by atoms with E-state index in [1.165, 1.54) is 11.3 Å². The molecule has 0 spiro atoms. The lowest BCUT2D eigenvalue weighted by Gasteiger charge is -2.23. The van der Waals surface area contributed by atoms with Crippen LogP contribution in [0.1, 0.15) is 25.5 Å². The van der Waals surface area contributed by atoms with Crippen molar-refractivity contribution in [3.63, 3.8) is 0 Å². The minimum absolute atomic E-state index is 0.184. The summed E-state index contributed by atoms with van der Waals surface area (Å²) in [5.41, 5.74) is 1.96. The molecule has 1 fully saturated rings. The Balaban J connectivity index is 1.80. The summed E-state index contributed by atoms with van der Waals surface area (Å²) < 4.78 is 0. The molecule has 0 bridgehead atoms. The van der Waals surface area contributed by atoms with E-state index in [0.717, 1.165) is 5.69 Å². The van der Waals surface area contributed by atoms with Crippen molar-refractivity contribution < 1.29 is 14.7 Å². The molecule has 7 heteroatoms.